The normalized spacial score (nSPS) is 16.2. The van der Waals surface area contributed by atoms with Crippen LogP contribution in [-0.4, -0.2) is 60.2 Å². The number of anilines is 2. The second-order valence-electron chi connectivity index (χ2n) is 7.00. The fourth-order valence-corrected chi connectivity index (χ4v) is 5.17. The Bertz CT molecular complexity index is 1200. The smallest absolute Gasteiger partial charge is 0.346 e. The lowest BCUT2D eigenvalue weighted by atomic mass is 10.2. The Kier molecular flexibility index (Phi) is 4.67. The molecule has 0 unspecified atom stereocenters. The van der Waals surface area contributed by atoms with Gasteiger partial charge in [0.1, 0.15) is 23.9 Å². The van der Waals surface area contributed by atoms with Crippen molar-refractivity contribution in [2.24, 2.45) is 0 Å². The number of aromatic nitrogens is 2. The number of nitrogens with two attached hydrogens (primary N) is 1. The summed E-state index contributed by atoms with van der Waals surface area (Å²) in [5, 5.41) is 1.23. The van der Waals surface area contributed by atoms with Crippen molar-refractivity contribution in [3.05, 3.63) is 38.7 Å². The SMILES string of the molecule is Nc1[nH]c(=O)ncc1N1CCN(C(=O)c2sc3cc4c(cc3c2Cl)OCCO4)CC1. The van der Waals surface area contributed by atoms with E-state index in [1.54, 1.807) is 4.90 Å². The van der Waals surface area contributed by atoms with Crippen LogP contribution in [0.15, 0.2) is 23.1 Å². The van der Waals surface area contributed by atoms with Crippen LogP contribution in [0.5, 0.6) is 11.5 Å². The van der Waals surface area contributed by atoms with E-state index in [4.69, 9.17) is 26.8 Å². The Morgan fingerprint density at radius 3 is 2.57 bits per heavy atom. The van der Waals surface area contributed by atoms with Gasteiger partial charge in [-0.2, -0.15) is 4.98 Å². The van der Waals surface area contributed by atoms with E-state index in [2.05, 4.69) is 9.97 Å². The van der Waals surface area contributed by atoms with Crippen LogP contribution in [-0.2, 0) is 0 Å². The van der Waals surface area contributed by atoms with E-state index in [9.17, 15) is 9.59 Å². The number of piperazine rings is 1. The van der Waals surface area contributed by atoms with Crippen molar-refractivity contribution in [2.75, 3.05) is 50.0 Å². The maximum atomic E-state index is 13.2. The number of fused-ring (bicyclic) bond motifs is 2. The Balaban J connectivity index is 1.36. The Morgan fingerprint density at radius 1 is 1.17 bits per heavy atom. The average molecular weight is 448 g/mol. The van der Waals surface area contributed by atoms with Gasteiger partial charge in [-0.1, -0.05) is 11.6 Å². The number of hydrogen-bond acceptors (Lipinski definition) is 8. The lowest BCUT2D eigenvalue weighted by Crippen LogP contribution is -2.49. The Labute approximate surface area is 180 Å². The summed E-state index contributed by atoms with van der Waals surface area (Å²) in [5.74, 6) is 1.49. The topological polar surface area (TPSA) is 114 Å². The second kappa shape index (κ2) is 7.37. The molecule has 0 aliphatic carbocycles. The van der Waals surface area contributed by atoms with Gasteiger partial charge < -0.3 is 25.0 Å². The van der Waals surface area contributed by atoms with Crippen LogP contribution >= 0.6 is 22.9 Å². The second-order valence-corrected chi connectivity index (χ2v) is 8.43. The van der Waals surface area contributed by atoms with Gasteiger partial charge in [-0.05, 0) is 6.07 Å². The fraction of sp³-hybridized carbons (Fsp3) is 0.316. The van der Waals surface area contributed by atoms with Gasteiger partial charge >= 0.3 is 5.69 Å². The first-order valence-electron chi connectivity index (χ1n) is 9.42. The highest BCUT2D eigenvalue weighted by atomic mass is 35.5. The highest BCUT2D eigenvalue weighted by molar-refractivity contribution is 7.21. The number of nitrogens with one attached hydrogen (secondary N) is 1. The third kappa shape index (κ3) is 3.21. The molecule has 30 heavy (non-hydrogen) atoms. The summed E-state index contributed by atoms with van der Waals surface area (Å²) in [6.07, 6.45) is 1.46. The number of halogens is 1. The first-order chi connectivity index (χ1) is 14.5. The molecule has 0 saturated carbocycles. The number of thiophene rings is 1. The molecule has 1 aromatic carbocycles. The van der Waals surface area contributed by atoms with E-state index >= 15 is 0 Å². The number of ether oxygens (including phenoxy) is 2. The van der Waals surface area contributed by atoms with Gasteiger partial charge in [0.05, 0.1) is 16.9 Å². The van der Waals surface area contributed by atoms with E-state index in [1.807, 2.05) is 17.0 Å². The quantitative estimate of drug-likeness (QED) is 0.617. The van der Waals surface area contributed by atoms with Gasteiger partial charge in [0.25, 0.3) is 5.91 Å². The maximum Gasteiger partial charge on any atom is 0.346 e. The molecule has 2 aromatic heterocycles. The van der Waals surface area contributed by atoms with E-state index in [0.717, 1.165) is 10.1 Å². The minimum absolute atomic E-state index is 0.103. The van der Waals surface area contributed by atoms with Crippen molar-refractivity contribution in [3.63, 3.8) is 0 Å². The predicted molar refractivity (Wildman–Crippen MR) is 115 cm³/mol. The van der Waals surface area contributed by atoms with Crippen molar-refractivity contribution < 1.29 is 14.3 Å². The molecule has 1 fully saturated rings. The van der Waals surface area contributed by atoms with Crippen LogP contribution < -0.4 is 25.8 Å². The van der Waals surface area contributed by atoms with E-state index < -0.39 is 5.69 Å². The molecule has 3 N–H and O–H groups in total. The number of carbonyl (C=O) groups excluding carboxylic acids is 1. The number of amides is 1. The minimum Gasteiger partial charge on any atom is -0.486 e. The zero-order chi connectivity index (χ0) is 20.8. The number of nitrogens with zero attached hydrogens (tertiary/aromatic N) is 3. The minimum atomic E-state index is -0.484. The molecule has 0 spiro atoms. The standard InChI is InChI=1S/C19H18ClN5O4S/c20-15-10-7-12-13(29-6-5-28-12)8-14(10)30-16(15)18(26)25-3-1-24(2-4-25)11-9-22-19(27)23-17(11)21/h7-9H,1-6H2,(H3,21,22,23,27). The molecule has 4 heterocycles. The molecule has 2 aliphatic heterocycles. The lowest BCUT2D eigenvalue weighted by Gasteiger charge is -2.36. The zero-order valence-corrected chi connectivity index (χ0v) is 17.4. The predicted octanol–water partition coefficient (Wildman–Crippen LogP) is 1.95. The van der Waals surface area contributed by atoms with E-state index in [0.29, 0.717) is 66.5 Å². The van der Waals surface area contributed by atoms with Crippen LogP contribution in [0, 0.1) is 0 Å². The summed E-state index contributed by atoms with van der Waals surface area (Å²) < 4.78 is 12.1. The molecule has 5 rings (SSSR count). The van der Waals surface area contributed by atoms with Crippen molar-refractivity contribution >= 4 is 50.4 Å². The van der Waals surface area contributed by atoms with Crippen molar-refractivity contribution in [2.45, 2.75) is 0 Å². The average Bonchev–Trinajstić information content (AvgIpc) is 3.07. The van der Waals surface area contributed by atoms with Crippen molar-refractivity contribution in [1.82, 2.24) is 14.9 Å². The summed E-state index contributed by atoms with van der Waals surface area (Å²) in [5.41, 5.74) is 6.07. The molecule has 1 amide bonds. The molecular formula is C19H18ClN5O4S. The zero-order valence-electron chi connectivity index (χ0n) is 15.8. The first kappa shape index (κ1) is 19.0. The van der Waals surface area contributed by atoms with Gasteiger partial charge in [-0.3, -0.25) is 9.78 Å². The molecule has 3 aromatic rings. The number of aromatic amines is 1. The van der Waals surface area contributed by atoms with E-state index in [1.165, 1.54) is 17.5 Å². The number of nitrogen functional groups attached to an aromatic ring is 1. The van der Waals surface area contributed by atoms with Gasteiger partial charge in [-0.15, -0.1) is 11.3 Å². The molecule has 9 nitrogen and oxygen atoms in total. The molecule has 0 atom stereocenters. The maximum absolute atomic E-state index is 13.2. The molecular weight excluding hydrogens is 430 g/mol. The van der Waals surface area contributed by atoms with Crippen LogP contribution in [0.3, 0.4) is 0 Å². The summed E-state index contributed by atoms with van der Waals surface area (Å²) >= 11 is 7.93. The number of rotatable bonds is 2. The molecule has 0 radical (unpaired) electrons. The van der Waals surface area contributed by atoms with Crippen LogP contribution in [0.1, 0.15) is 9.67 Å². The van der Waals surface area contributed by atoms with Crippen LogP contribution in [0.2, 0.25) is 5.02 Å². The molecule has 0 bridgehead atoms. The Morgan fingerprint density at radius 2 is 1.87 bits per heavy atom. The Hall–Kier alpha value is -2.98. The summed E-state index contributed by atoms with van der Waals surface area (Å²) in [6, 6.07) is 3.71. The summed E-state index contributed by atoms with van der Waals surface area (Å²) in [6.45, 7) is 3.15. The highest BCUT2D eigenvalue weighted by Crippen LogP contribution is 2.43. The van der Waals surface area contributed by atoms with Crippen LogP contribution in [0.25, 0.3) is 10.1 Å². The van der Waals surface area contributed by atoms with Gasteiger partial charge in [0.15, 0.2) is 11.5 Å². The monoisotopic (exact) mass is 447 g/mol. The largest absolute Gasteiger partial charge is 0.486 e. The van der Waals surface area contributed by atoms with Gasteiger partial charge in [0, 0.05) is 42.3 Å². The molecule has 1 saturated heterocycles. The van der Waals surface area contributed by atoms with Crippen molar-refractivity contribution in [1.29, 1.82) is 0 Å². The number of benzene rings is 1. The fourth-order valence-electron chi connectivity index (χ4n) is 3.69. The number of carbonyl (C=O) groups is 1. The third-order valence-corrected chi connectivity index (χ3v) is 6.86. The first-order valence-corrected chi connectivity index (χ1v) is 10.6. The summed E-state index contributed by atoms with van der Waals surface area (Å²) in [4.78, 5) is 34.9. The number of hydrogen-bond donors (Lipinski definition) is 2. The molecule has 156 valence electrons. The highest BCUT2D eigenvalue weighted by Gasteiger charge is 2.28. The molecule has 2 aliphatic rings. The van der Waals surface area contributed by atoms with Gasteiger partial charge in [-0.25, -0.2) is 4.79 Å². The van der Waals surface area contributed by atoms with Crippen LogP contribution in [0.4, 0.5) is 11.5 Å². The summed E-state index contributed by atoms with van der Waals surface area (Å²) in [7, 11) is 0. The third-order valence-electron chi connectivity index (χ3n) is 5.22. The lowest BCUT2D eigenvalue weighted by molar-refractivity contribution is 0.0752. The van der Waals surface area contributed by atoms with E-state index in [-0.39, 0.29) is 11.7 Å². The number of H-pyrrole nitrogens is 1. The molecule has 11 heteroatoms. The van der Waals surface area contributed by atoms with Crippen molar-refractivity contribution in [3.8, 4) is 11.5 Å². The van der Waals surface area contributed by atoms with Gasteiger partial charge in [0.2, 0.25) is 0 Å².